The minimum Gasteiger partial charge on any atom is -0.339 e. The Bertz CT molecular complexity index is 1030. The van der Waals surface area contributed by atoms with Crippen LogP contribution in [-0.4, -0.2) is 18.6 Å². The van der Waals surface area contributed by atoms with Crippen LogP contribution in [-0.2, 0) is 10.0 Å². The molecule has 0 fully saturated rings. The van der Waals surface area contributed by atoms with Gasteiger partial charge in [-0.25, -0.2) is 12.8 Å². The zero-order valence-electron chi connectivity index (χ0n) is 13.6. The standard InChI is InChI=1S/C17H14ClFN4O2S/c1-11-10-14(6-7-15(11)18)26(24,25)23-17-9-8-16(21-22-17)20-13-4-2-12(19)3-5-13/h2-10H,1H3,(H,20,21)(H,22,23). The number of anilines is 3. The summed E-state index contributed by atoms with van der Waals surface area (Å²) in [5, 5.41) is 11.2. The number of aromatic nitrogens is 2. The Labute approximate surface area is 155 Å². The summed E-state index contributed by atoms with van der Waals surface area (Å²) in [6, 6.07) is 13.2. The van der Waals surface area contributed by atoms with Gasteiger partial charge < -0.3 is 5.32 Å². The molecular formula is C17H14ClFN4O2S. The molecule has 1 heterocycles. The molecule has 2 N–H and O–H groups in total. The number of nitrogens with one attached hydrogen (secondary N) is 2. The van der Waals surface area contributed by atoms with Crippen LogP contribution in [0.15, 0.2) is 59.5 Å². The number of sulfonamides is 1. The van der Waals surface area contributed by atoms with E-state index in [0.29, 0.717) is 22.1 Å². The van der Waals surface area contributed by atoms with Gasteiger partial charge in [-0.05, 0) is 67.1 Å². The van der Waals surface area contributed by atoms with Crippen LogP contribution in [0.2, 0.25) is 5.02 Å². The molecule has 0 spiro atoms. The summed E-state index contributed by atoms with van der Waals surface area (Å²) in [7, 11) is -3.80. The van der Waals surface area contributed by atoms with Crippen LogP contribution < -0.4 is 10.0 Å². The summed E-state index contributed by atoms with van der Waals surface area (Å²) in [4.78, 5) is 0.0784. The molecule has 0 saturated heterocycles. The SMILES string of the molecule is Cc1cc(S(=O)(=O)Nc2ccc(Nc3ccc(F)cc3)nn2)ccc1Cl. The second kappa shape index (κ2) is 7.27. The summed E-state index contributed by atoms with van der Waals surface area (Å²) >= 11 is 5.92. The molecule has 0 aliphatic rings. The summed E-state index contributed by atoms with van der Waals surface area (Å²) in [5.41, 5.74) is 1.28. The van der Waals surface area contributed by atoms with E-state index in [9.17, 15) is 12.8 Å². The Morgan fingerprint density at radius 2 is 1.62 bits per heavy atom. The van der Waals surface area contributed by atoms with Gasteiger partial charge in [0.05, 0.1) is 4.90 Å². The van der Waals surface area contributed by atoms with E-state index in [4.69, 9.17) is 11.6 Å². The van der Waals surface area contributed by atoms with Crippen molar-refractivity contribution in [2.24, 2.45) is 0 Å². The molecule has 0 bridgehead atoms. The summed E-state index contributed by atoms with van der Waals surface area (Å²) in [6.45, 7) is 1.72. The lowest BCUT2D eigenvalue weighted by Crippen LogP contribution is -2.14. The van der Waals surface area contributed by atoms with Gasteiger partial charge in [0.1, 0.15) is 5.82 Å². The largest absolute Gasteiger partial charge is 0.339 e. The second-order valence-corrected chi connectivity index (χ2v) is 7.54. The highest BCUT2D eigenvalue weighted by Crippen LogP contribution is 2.21. The number of aryl methyl sites for hydroxylation is 1. The first-order valence-electron chi connectivity index (χ1n) is 7.49. The Kier molecular flexibility index (Phi) is 5.06. The summed E-state index contributed by atoms with van der Waals surface area (Å²) in [6.07, 6.45) is 0. The smallest absolute Gasteiger partial charge is 0.263 e. The normalized spacial score (nSPS) is 11.2. The van der Waals surface area contributed by atoms with E-state index in [2.05, 4.69) is 20.2 Å². The molecule has 0 radical (unpaired) electrons. The van der Waals surface area contributed by atoms with E-state index in [0.717, 1.165) is 0 Å². The average molecular weight is 393 g/mol. The van der Waals surface area contributed by atoms with E-state index >= 15 is 0 Å². The van der Waals surface area contributed by atoms with Crippen LogP contribution in [0.25, 0.3) is 0 Å². The van der Waals surface area contributed by atoms with Gasteiger partial charge in [-0.15, -0.1) is 10.2 Å². The Balaban J connectivity index is 1.73. The van der Waals surface area contributed by atoms with Crippen LogP contribution >= 0.6 is 11.6 Å². The minimum absolute atomic E-state index is 0.0715. The fourth-order valence-corrected chi connectivity index (χ4v) is 3.31. The lowest BCUT2D eigenvalue weighted by atomic mass is 10.2. The van der Waals surface area contributed by atoms with Crippen LogP contribution in [0.3, 0.4) is 0 Å². The molecule has 9 heteroatoms. The molecule has 3 aromatic rings. The van der Waals surface area contributed by atoms with Crippen LogP contribution in [0.4, 0.5) is 21.7 Å². The number of halogens is 2. The zero-order chi connectivity index (χ0) is 18.7. The van der Waals surface area contributed by atoms with Gasteiger partial charge in [-0.1, -0.05) is 11.6 Å². The fraction of sp³-hybridized carbons (Fsp3) is 0.0588. The highest BCUT2D eigenvalue weighted by Gasteiger charge is 2.16. The highest BCUT2D eigenvalue weighted by atomic mass is 35.5. The first-order valence-corrected chi connectivity index (χ1v) is 9.35. The van der Waals surface area contributed by atoms with Crippen molar-refractivity contribution in [1.29, 1.82) is 0 Å². The van der Waals surface area contributed by atoms with Crippen molar-refractivity contribution < 1.29 is 12.8 Å². The Morgan fingerprint density at radius 3 is 2.23 bits per heavy atom. The van der Waals surface area contributed by atoms with Gasteiger partial charge in [0.25, 0.3) is 10.0 Å². The number of nitrogens with zero attached hydrogens (tertiary/aromatic N) is 2. The van der Waals surface area contributed by atoms with Crippen molar-refractivity contribution in [3.63, 3.8) is 0 Å². The predicted octanol–water partition coefficient (Wildman–Crippen LogP) is 4.12. The molecule has 26 heavy (non-hydrogen) atoms. The van der Waals surface area contributed by atoms with Crippen molar-refractivity contribution >= 4 is 38.9 Å². The van der Waals surface area contributed by atoms with E-state index in [-0.39, 0.29) is 16.5 Å². The molecule has 0 aliphatic heterocycles. The highest BCUT2D eigenvalue weighted by molar-refractivity contribution is 7.92. The Morgan fingerprint density at radius 1 is 0.962 bits per heavy atom. The molecule has 6 nitrogen and oxygen atoms in total. The molecule has 134 valence electrons. The maximum atomic E-state index is 12.9. The molecule has 1 aromatic heterocycles. The number of hydrogen-bond acceptors (Lipinski definition) is 5. The van der Waals surface area contributed by atoms with Crippen molar-refractivity contribution in [2.75, 3.05) is 10.0 Å². The van der Waals surface area contributed by atoms with Crippen molar-refractivity contribution in [3.05, 3.63) is 71.0 Å². The molecule has 0 saturated carbocycles. The zero-order valence-corrected chi connectivity index (χ0v) is 15.1. The van der Waals surface area contributed by atoms with Crippen molar-refractivity contribution in [2.45, 2.75) is 11.8 Å². The Hall–Kier alpha value is -2.71. The van der Waals surface area contributed by atoms with Crippen LogP contribution in [0.1, 0.15) is 5.56 Å². The van der Waals surface area contributed by atoms with E-state index in [1.54, 1.807) is 25.1 Å². The summed E-state index contributed by atoms with van der Waals surface area (Å²) in [5.74, 6) is 0.118. The number of rotatable bonds is 5. The predicted molar refractivity (Wildman–Crippen MR) is 98.7 cm³/mol. The van der Waals surface area contributed by atoms with E-state index in [1.165, 1.54) is 36.4 Å². The maximum Gasteiger partial charge on any atom is 0.263 e. The third-order valence-corrected chi connectivity index (χ3v) is 5.24. The molecule has 2 aromatic carbocycles. The van der Waals surface area contributed by atoms with Gasteiger partial charge in [-0.3, -0.25) is 4.72 Å². The lowest BCUT2D eigenvalue weighted by Gasteiger charge is -2.09. The van der Waals surface area contributed by atoms with Crippen molar-refractivity contribution in [3.8, 4) is 0 Å². The van der Waals surface area contributed by atoms with Gasteiger partial charge >= 0.3 is 0 Å². The molecule has 0 unspecified atom stereocenters. The van der Waals surface area contributed by atoms with Gasteiger partial charge in [0, 0.05) is 10.7 Å². The molecule has 0 amide bonds. The first-order chi connectivity index (χ1) is 12.3. The summed E-state index contributed by atoms with van der Waals surface area (Å²) < 4.78 is 40.1. The molecule has 0 atom stereocenters. The monoisotopic (exact) mass is 392 g/mol. The fourth-order valence-electron chi connectivity index (χ4n) is 2.12. The van der Waals surface area contributed by atoms with E-state index < -0.39 is 10.0 Å². The first kappa shape index (κ1) is 18.1. The molecular weight excluding hydrogens is 379 g/mol. The quantitative estimate of drug-likeness (QED) is 0.682. The van der Waals surface area contributed by atoms with Crippen LogP contribution in [0, 0.1) is 12.7 Å². The third kappa shape index (κ3) is 4.27. The minimum atomic E-state index is -3.80. The van der Waals surface area contributed by atoms with Gasteiger partial charge in [0.15, 0.2) is 11.6 Å². The maximum absolute atomic E-state index is 12.9. The van der Waals surface area contributed by atoms with Gasteiger partial charge in [0.2, 0.25) is 0 Å². The average Bonchev–Trinajstić information content (AvgIpc) is 2.61. The second-order valence-electron chi connectivity index (χ2n) is 5.45. The molecule has 0 aliphatic carbocycles. The molecule has 3 rings (SSSR count). The van der Waals surface area contributed by atoms with Crippen LogP contribution in [0.5, 0.6) is 0 Å². The van der Waals surface area contributed by atoms with E-state index in [1.807, 2.05) is 0 Å². The number of benzene rings is 2. The third-order valence-electron chi connectivity index (χ3n) is 3.46. The lowest BCUT2D eigenvalue weighted by molar-refractivity contribution is 0.601. The topological polar surface area (TPSA) is 84.0 Å². The van der Waals surface area contributed by atoms with Gasteiger partial charge in [-0.2, -0.15) is 0 Å². The number of hydrogen-bond donors (Lipinski definition) is 2. The van der Waals surface area contributed by atoms with Crippen molar-refractivity contribution in [1.82, 2.24) is 10.2 Å².